The van der Waals surface area contributed by atoms with Gasteiger partial charge in [-0.2, -0.15) is 0 Å². The monoisotopic (exact) mass is 282 g/mol. The summed E-state index contributed by atoms with van der Waals surface area (Å²) < 4.78 is 0. The Morgan fingerprint density at radius 1 is 0.947 bits per heavy atom. The topological polar surface area (TPSA) is 39.3 Å². The molecule has 3 N–H and O–H groups in total. The summed E-state index contributed by atoms with van der Waals surface area (Å²) in [6.45, 7) is 7.40. The largest absolute Gasteiger partial charge is 0.369 e. The maximum Gasteiger partial charge on any atom is 0.0952 e. The highest BCUT2D eigenvalue weighted by atomic mass is 35.5. The fraction of sp³-hybridized carbons (Fsp3) is 0.571. The molecule has 0 saturated carbocycles. The van der Waals surface area contributed by atoms with Crippen molar-refractivity contribution in [1.82, 2.24) is 16.0 Å². The SMILES string of the molecule is ClC1CNCCN1.c1ccc(N2CCNCC2)cc1. The van der Waals surface area contributed by atoms with Gasteiger partial charge in [-0.15, -0.1) is 11.6 Å². The van der Waals surface area contributed by atoms with Gasteiger partial charge in [0, 0.05) is 51.5 Å². The summed E-state index contributed by atoms with van der Waals surface area (Å²) in [6.07, 6.45) is 0. The predicted molar refractivity (Wildman–Crippen MR) is 82.0 cm³/mol. The van der Waals surface area contributed by atoms with E-state index in [9.17, 15) is 0 Å². The summed E-state index contributed by atoms with van der Waals surface area (Å²) in [5, 5.41) is 9.57. The first-order valence-corrected chi connectivity index (χ1v) is 7.39. The van der Waals surface area contributed by atoms with Gasteiger partial charge in [0.05, 0.1) is 5.50 Å². The van der Waals surface area contributed by atoms with Crippen LogP contribution in [0.2, 0.25) is 0 Å². The minimum absolute atomic E-state index is 0.147. The van der Waals surface area contributed by atoms with Gasteiger partial charge in [-0.25, -0.2) is 0 Å². The van der Waals surface area contributed by atoms with Gasteiger partial charge < -0.3 is 15.5 Å². The average molecular weight is 283 g/mol. The summed E-state index contributed by atoms with van der Waals surface area (Å²) in [5.41, 5.74) is 1.49. The zero-order chi connectivity index (χ0) is 13.3. The van der Waals surface area contributed by atoms with Crippen molar-refractivity contribution in [3.63, 3.8) is 0 Å². The number of alkyl halides is 1. The van der Waals surface area contributed by atoms with Crippen molar-refractivity contribution in [2.24, 2.45) is 0 Å². The number of rotatable bonds is 1. The van der Waals surface area contributed by atoms with Crippen molar-refractivity contribution < 1.29 is 0 Å². The van der Waals surface area contributed by atoms with Crippen LogP contribution >= 0.6 is 11.6 Å². The molecule has 0 amide bonds. The zero-order valence-electron chi connectivity index (χ0n) is 11.2. The summed E-state index contributed by atoms with van der Waals surface area (Å²) >= 11 is 5.64. The third kappa shape index (κ3) is 5.37. The van der Waals surface area contributed by atoms with Gasteiger partial charge in [0.2, 0.25) is 0 Å². The molecule has 0 aliphatic carbocycles. The van der Waals surface area contributed by atoms with Crippen LogP contribution in [0.15, 0.2) is 30.3 Å². The van der Waals surface area contributed by atoms with Crippen molar-refractivity contribution >= 4 is 17.3 Å². The molecule has 2 saturated heterocycles. The van der Waals surface area contributed by atoms with Crippen LogP contribution in [0.5, 0.6) is 0 Å². The summed E-state index contributed by atoms with van der Waals surface area (Å²) in [7, 11) is 0. The molecule has 0 radical (unpaired) electrons. The minimum Gasteiger partial charge on any atom is -0.369 e. The van der Waals surface area contributed by atoms with Gasteiger partial charge in [-0.05, 0) is 12.1 Å². The molecule has 2 aliphatic rings. The number of benzene rings is 1. The molecule has 3 rings (SSSR count). The highest BCUT2D eigenvalue weighted by Gasteiger charge is 2.08. The van der Waals surface area contributed by atoms with Crippen LogP contribution in [-0.2, 0) is 0 Å². The van der Waals surface area contributed by atoms with Gasteiger partial charge in [0.15, 0.2) is 0 Å². The van der Waals surface area contributed by atoms with Crippen molar-refractivity contribution in [2.75, 3.05) is 50.7 Å². The Labute approximate surface area is 120 Å². The Bertz CT molecular complexity index is 335. The van der Waals surface area contributed by atoms with Crippen molar-refractivity contribution in [3.8, 4) is 0 Å². The van der Waals surface area contributed by atoms with Gasteiger partial charge >= 0.3 is 0 Å². The number of hydrogen-bond donors (Lipinski definition) is 3. The number of piperazine rings is 2. The predicted octanol–water partition coefficient (Wildman–Crippen LogP) is 0.840. The molecular formula is C14H23ClN4. The van der Waals surface area contributed by atoms with E-state index in [1.807, 2.05) is 0 Å². The Morgan fingerprint density at radius 2 is 1.68 bits per heavy atom. The molecule has 1 aromatic rings. The second-order valence-electron chi connectivity index (χ2n) is 4.70. The van der Waals surface area contributed by atoms with Gasteiger partial charge in [-0.1, -0.05) is 18.2 Å². The Balaban J connectivity index is 0.000000163. The lowest BCUT2D eigenvalue weighted by Crippen LogP contribution is -2.45. The molecule has 19 heavy (non-hydrogen) atoms. The van der Waals surface area contributed by atoms with E-state index >= 15 is 0 Å². The maximum atomic E-state index is 5.64. The van der Waals surface area contributed by atoms with E-state index in [4.69, 9.17) is 11.6 Å². The standard InChI is InChI=1S/C10H14N2.C4H9ClN2/c1-2-4-10(5-3-1)12-8-6-11-7-9-12;5-4-3-6-1-2-7-4/h1-5,11H,6-9H2;4,6-7H,1-3H2. The first-order chi connectivity index (χ1) is 9.36. The van der Waals surface area contributed by atoms with E-state index in [1.165, 1.54) is 5.69 Å². The fourth-order valence-corrected chi connectivity index (χ4v) is 2.40. The van der Waals surface area contributed by atoms with E-state index in [-0.39, 0.29) is 5.50 Å². The lowest BCUT2D eigenvalue weighted by molar-refractivity contribution is 0.501. The molecule has 0 bridgehead atoms. The van der Waals surface area contributed by atoms with E-state index in [0.29, 0.717) is 0 Å². The molecule has 1 aromatic carbocycles. The van der Waals surface area contributed by atoms with Crippen LogP contribution in [0.3, 0.4) is 0 Å². The van der Waals surface area contributed by atoms with Crippen LogP contribution in [0.25, 0.3) is 0 Å². The third-order valence-electron chi connectivity index (χ3n) is 3.23. The molecule has 5 heteroatoms. The Kier molecular flexibility index (Phi) is 6.44. The first-order valence-electron chi connectivity index (χ1n) is 6.95. The van der Waals surface area contributed by atoms with Gasteiger partial charge in [0.25, 0.3) is 0 Å². The molecule has 4 nitrogen and oxygen atoms in total. The highest BCUT2D eigenvalue weighted by molar-refractivity contribution is 6.20. The summed E-state index contributed by atoms with van der Waals surface area (Å²) in [6, 6.07) is 10.6. The molecule has 0 aromatic heterocycles. The number of nitrogens with one attached hydrogen (secondary N) is 3. The van der Waals surface area contributed by atoms with E-state index in [0.717, 1.165) is 45.8 Å². The molecule has 0 spiro atoms. The van der Waals surface area contributed by atoms with E-state index in [2.05, 4.69) is 51.2 Å². The second kappa shape index (κ2) is 8.38. The fourth-order valence-electron chi connectivity index (χ4n) is 2.18. The lowest BCUT2D eigenvalue weighted by Gasteiger charge is -2.29. The number of halogens is 1. The highest BCUT2D eigenvalue weighted by Crippen LogP contribution is 2.12. The summed E-state index contributed by atoms with van der Waals surface area (Å²) in [4.78, 5) is 2.41. The van der Waals surface area contributed by atoms with Gasteiger partial charge in [0.1, 0.15) is 0 Å². The molecule has 1 unspecified atom stereocenters. The van der Waals surface area contributed by atoms with Crippen LogP contribution in [0, 0.1) is 0 Å². The smallest absolute Gasteiger partial charge is 0.0952 e. The lowest BCUT2D eigenvalue weighted by atomic mass is 10.2. The van der Waals surface area contributed by atoms with Crippen molar-refractivity contribution in [3.05, 3.63) is 30.3 Å². The average Bonchev–Trinajstić information content (AvgIpc) is 2.51. The third-order valence-corrected chi connectivity index (χ3v) is 3.54. The minimum atomic E-state index is 0.147. The number of hydrogen-bond acceptors (Lipinski definition) is 4. The first kappa shape index (κ1) is 14.6. The zero-order valence-corrected chi connectivity index (χ0v) is 12.0. The number of para-hydroxylation sites is 1. The van der Waals surface area contributed by atoms with Crippen molar-refractivity contribution in [1.29, 1.82) is 0 Å². The number of nitrogens with zero attached hydrogens (tertiary/aromatic N) is 1. The second-order valence-corrected chi connectivity index (χ2v) is 5.23. The molecule has 2 fully saturated rings. The number of anilines is 1. The molecular weight excluding hydrogens is 260 g/mol. The van der Waals surface area contributed by atoms with Gasteiger partial charge in [-0.3, -0.25) is 5.32 Å². The Hall–Kier alpha value is -0.810. The van der Waals surface area contributed by atoms with E-state index in [1.54, 1.807) is 0 Å². The molecule has 1 atom stereocenters. The maximum absolute atomic E-state index is 5.64. The van der Waals surface area contributed by atoms with Crippen LogP contribution in [-0.4, -0.2) is 51.3 Å². The van der Waals surface area contributed by atoms with Crippen LogP contribution in [0.1, 0.15) is 0 Å². The molecule has 2 aliphatic heterocycles. The molecule has 2 heterocycles. The van der Waals surface area contributed by atoms with E-state index < -0.39 is 0 Å². The molecule has 106 valence electrons. The normalized spacial score (nSPS) is 23.4. The summed E-state index contributed by atoms with van der Waals surface area (Å²) in [5.74, 6) is 0. The van der Waals surface area contributed by atoms with Crippen molar-refractivity contribution in [2.45, 2.75) is 5.50 Å². The quantitative estimate of drug-likeness (QED) is 0.527. The van der Waals surface area contributed by atoms with Crippen LogP contribution < -0.4 is 20.9 Å². The Morgan fingerprint density at radius 3 is 2.21 bits per heavy atom. The van der Waals surface area contributed by atoms with Crippen LogP contribution in [0.4, 0.5) is 5.69 Å².